The molecule has 20 heavy (non-hydrogen) atoms. The second-order valence-electron chi connectivity index (χ2n) is 3.84. The average molecular weight is 286 g/mol. The highest BCUT2D eigenvalue weighted by Crippen LogP contribution is 2.15. The number of benzene rings is 1. The van der Waals surface area contributed by atoms with Gasteiger partial charge in [0, 0.05) is 17.4 Å². The molecule has 0 spiro atoms. The van der Waals surface area contributed by atoms with Crippen molar-refractivity contribution >= 4 is 28.5 Å². The highest BCUT2D eigenvalue weighted by Gasteiger charge is 1.95. The Morgan fingerprint density at radius 2 is 2.20 bits per heavy atom. The van der Waals surface area contributed by atoms with Crippen molar-refractivity contribution in [2.75, 3.05) is 17.8 Å². The van der Waals surface area contributed by atoms with Crippen molar-refractivity contribution in [3.63, 3.8) is 0 Å². The Morgan fingerprint density at radius 3 is 2.85 bits per heavy atom. The molecule has 0 atom stereocenters. The molecule has 0 unspecified atom stereocenters. The van der Waals surface area contributed by atoms with Gasteiger partial charge >= 0.3 is 0 Å². The number of rotatable bonds is 4. The fraction of sp³-hybridized carbons (Fsp3) is 0.143. The van der Waals surface area contributed by atoms with Crippen molar-refractivity contribution in [2.24, 2.45) is 5.10 Å². The van der Waals surface area contributed by atoms with Gasteiger partial charge in [0.05, 0.1) is 12.8 Å². The first-order chi connectivity index (χ1) is 9.78. The first-order valence-electron chi connectivity index (χ1n) is 5.98. The summed E-state index contributed by atoms with van der Waals surface area (Å²) >= 11 is 1.40. The molecule has 2 rings (SSSR count). The minimum Gasteiger partial charge on any atom is -0.395 e. The summed E-state index contributed by atoms with van der Waals surface area (Å²) < 4.78 is 0. The third kappa shape index (κ3) is 4.39. The van der Waals surface area contributed by atoms with Crippen molar-refractivity contribution in [3.8, 4) is 11.8 Å². The molecule has 2 aromatic rings. The van der Waals surface area contributed by atoms with E-state index in [1.807, 2.05) is 24.3 Å². The lowest BCUT2D eigenvalue weighted by molar-refractivity contribution is 0.305. The van der Waals surface area contributed by atoms with Crippen LogP contribution in [0.3, 0.4) is 0 Å². The van der Waals surface area contributed by atoms with Crippen LogP contribution in [0, 0.1) is 11.8 Å². The largest absolute Gasteiger partial charge is 0.395 e. The van der Waals surface area contributed by atoms with E-state index in [1.54, 1.807) is 11.6 Å². The molecule has 6 heteroatoms. The molecule has 0 aliphatic rings. The lowest BCUT2D eigenvalue weighted by Gasteiger charge is -1.95. The van der Waals surface area contributed by atoms with Crippen LogP contribution in [0.25, 0.3) is 0 Å². The number of nitrogens with one attached hydrogen (secondary N) is 1. The van der Waals surface area contributed by atoms with Gasteiger partial charge in [0.25, 0.3) is 0 Å². The number of hydrogen-bond donors (Lipinski definition) is 3. The highest BCUT2D eigenvalue weighted by atomic mass is 32.1. The van der Waals surface area contributed by atoms with Crippen LogP contribution >= 0.6 is 11.3 Å². The number of nitrogens with zero attached hydrogens (tertiary/aromatic N) is 2. The van der Waals surface area contributed by atoms with Gasteiger partial charge < -0.3 is 10.8 Å². The molecule has 0 aliphatic heterocycles. The van der Waals surface area contributed by atoms with Crippen LogP contribution in [0.4, 0.5) is 10.9 Å². The van der Waals surface area contributed by atoms with Crippen LogP contribution < -0.4 is 11.2 Å². The van der Waals surface area contributed by atoms with E-state index in [4.69, 9.17) is 10.8 Å². The predicted octanol–water partition coefficient (Wildman–Crippen LogP) is 1.91. The first-order valence-corrected chi connectivity index (χ1v) is 6.86. The topological polar surface area (TPSA) is 83.5 Å². The molecule has 1 aromatic carbocycles. The Labute approximate surface area is 121 Å². The van der Waals surface area contributed by atoms with E-state index < -0.39 is 0 Å². The lowest BCUT2D eigenvalue weighted by atomic mass is 10.1. The zero-order chi connectivity index (χ0) is 14.2. The van der Waals surface area contributed by atoms with Gasteiger partial charge in [-0.15, -0.1) is 11.3 Å². The maximum Gasteiger partial charge on any atom is 0.205 e. The van der Waals surface area contributed by atoms with Crippen molar-refractivity contribution < 1.29 is 5.11 Å². The van der Waals surface area contributed by atoms with Gasteiger partial charge in [-0.2, -0.15) is 5.10 Å². The zero-order valence-electron chi connectivity index (χ0n) is 10.7. The van der Waals surface area contributed by atoms with Crippen molar-refractivity contribution in [3.05, 3.63) is 40.8 Å². The normalized spacial score (nSPS) is 10.2. The van der Waals surface area contributed by atoms with Crippen LogP contribution in [0.5, 0.6) is 0 Å². The third-order valence-corrected chi connectivity index (χ3v) is 3.04. The fourth-order valence-electron chi connectivity index (χ4n) is 1.37. The molecular formula is C14H14N4OS. The molecule has 1 aromatic heterocycles. The molecule has 4 N–H and O–H groups in total. The van der Waals surface area contributed by atoms with Crippen molar-refractivity contribution in [1.82, 2.24) is 4.98 Å². The Bertz CT molecular complexity index is 637. The summed E-state index contributed by atoms with van der Waals surface area (Å²) in [5.41, 5.74) is 10.2. The molecule has 1 heterocycles. The fourth-order valence-corrected chi connectivity index (χ4v) is 1.92. The Balaban J connectivity index is 1.92. The molecule has 0 radical (unpaired) electrons. The van der Waals surface area contributed by atoms with E-state index in [2.05, 4.69) is 27.4 Å². The van der Waals surface area contributed by atoms with Gasteiger partial charge in [0.1, 0.15) is 5.82 Å². The highest BCUT2D eigenvalue weighted by molar-refractivity contribution is 7.14. The number of aromatic nitrogens is 1. The van der Waals surface area contributed by atoms with Crippen LogP contribution in [-0.2, 0) is 0 Å². The van der Waals surface area contributed by atoms with E-state index in [-0.39, 0.29) is 6.61 Å². The molecule has 0 saturated heterocycles. The van der Waals surface area contributed by atoms with Gasteiger partial charge in [-0.1, -0.05) is 24.0 Å². The SMILES string of the molecule is Nc1csc(NN=Cc2ccc(C#CCCO)cc2)n1. The van der Waals surface area contributed by atoms with Crippen LogP contribution in [-0.4, -0.2) is 22.9 Å². The molecular weight excluding hydrogens is 272 g/mol. The molecule has 0 saturated carbocycles. The number of hydrogen-bond acceptors (Lipinski definition) is 6. The Kier molecular flexibility index (Phi) is 5.12. The maximum absolute atomic E-state index is 8.64. The number of hydrazone groups is 1. The van der Waals surface area contributed by atoms with Gasteiger partial charge in [0.15, 0.2) is 0 Å². The van der Waals surface area contributed by atoms with Crippen LogP contribution in [0.15, 0.2) is 34.7 Å². The minimum absolute atomic E-state index is 0.0880. The number of aliphatic hydroxyl groups is 1. The molecule has 0 aliphatic carbocycles. The number of nitrogen functional groups attached to an aromatic ring is 1. The van der Waals surface area contributed by atoms with Gasteiger partial charge in [0.2, 0.25) is 5.13 Å². The molecule has 0 fully saturated rings. The Morgan fingerprint density at radius 1 is 1.40 bits per heavy atom. The molecule has 0 amide bonds. The summed E-state index contributed by atoms with van der Waals surface area (Å²) in [5, 5.41) is 15.1. The molecule has 5 nitrogen and oxygen atoms in total. The second kappa shape index (κ2) is 7.28. The summed E-state index contributed by atoms with van der Waals surface area (Å²) in [6.45, 7) is 0.0880. The van der Waals surface area contributed by atoms with E-state index >= 15 is 0 Å². The van der Waals surface area contributed by atoms with Crippen LogP contribution in [0.1, 0.15) is 17.5 Å². The summed E-state index contributed by atoms with van der Waals surface area (Å²) in [4.78, 5) is 4.03. The summed E-state index contributed by atoms with van der Waals surface area (Å²) in [5.74, 6) is 6.32. The second-order valence-corrected chi connectivity index (χ2v) is 4.70. The van der Waals surface area contributed by atoms with E-state index in [0.717, 1.165) is 11.1 Å². The maximum atomic E-state index is 8.64. The number of aliphatic hydroxyl groups excluding tert-OH is 1. The van der Waals surface area contributed by atoms with Crippen molar-refractivity contribution in [2.45, 2.75) is 6.42 Å². The average Bonchev–Trinajstić information content (AvgIpc) is 2.87. The minimum atomic E-state index is 0.0880. The first kappa shape index (κ1) is 14.1. The third-order valence-electron chi connectivity index (χ3n) is 2.28. The molecule has 102 valence electrons. The number of nitrogens with two attached hydrogens (primary N) is 1. The Hall–Kier alpha value is -2.36. The number of anilines is 2. The van der Waals surface area contributed by atoms with Gasteiger partial charge in [-0.3, -0.25) is 5.43 Å². The summed E-state index contributed by atoms with van der Waals surface area (Å²) in [6, 6.07) is 7.66. The zero-order valence-corrected chi connectivity index (χ0v) is 11.5. The quantitative estimate of drug-likeness (QED) is 0.455. The van der Waals surface area contributed by atoms with Crippen LogP contribution in [0.2, 0.25) is 0 Å². The smallest absolute Gasteiger partial charge is 0.205 e. The van der Waals surface area contributed by atoms with Gasteiger partial charge in [-0.05, 0) is 17.7 Å². The van der Waals surface area contributed by atoms with Crippen molar-refractivity contribution in [1.29, 1.82) is 0 Å². The van der Waals surface area contributed by atoms with E-state index in [1.165, 1.54) is 11.3 Å². The van der Waals surface area contributed by atoms with E-state index in [9.17, 15) is 0 Å². The summed E-state index contributed by atoms with van der Waals surface area (Å²) in [7, 11) is 0. The predicted molar refractivity (Wildman–Crippen MR) is 82.8 cm³/mol. The summed E-state index contributed by atoms with van der Waals surface area (Å²) in [6.07, 6.45) is 2.19. The van der Waals surface area contributed by atoms with E-state index in [0.29, 0.717) is 17.4 Å². The lowest BCUT2D eigenvalue weighted by Crippen LogP contribution is -1.91. The van der Waals surface area contributed by atoms with Gasteiger partial charge in [-0.25, -0.2) is 4.98 Å². The monoisotopic (exact) mass is 286 g/mol. The molecule has 0 bridgehead atoms. The number of thiazole rings is 1. The standard InChI is InChI=1S/C14H14N4OS/c15-13-10-20-14(17-13)18-16-9-12-6-4-11(5-7-12)3-1-2-8-19/h4-7,9-10,19H,2,8,15H2,(H,17,18).